The van der Waals surface area contributed by atoms with Crippen molar-refractivity contribution < 1.29 is 9.90 Å². The molecule has 78 valence electrons. The first-order valence-corrected chi connectivity index (χ1v) is 4.26. The molecule has 1 rings (SSSR count). The van der Waals surface area contributed by atoms with E-state index in [0.717, 1.165) is 5.56 Å². The Morgan fingerprint density at radius 2 is 2.57 bits per heavy atom. The second-order valence-electron chi connectivity index (χ2n) is 3.10. The van der Waals surface area contributed by atoms with E-state index in [2.05, 4.69) is 10.4 Å². The van der Waals surface area contributed by atoms with Crippen LogP contribution in [0.4, 0.5) is 0 Å². The van der Waals surface area contributed by atoms with E-state index in [1.165, 1.54) is 0 Å². The average Bonchev–Trinajstić information content (AvgIpc) is 2.51. The number of nitrogens with zero attached hydrogens (tertiary/aromatic N) is 2. The second kappa shape index (κ2) is 4.73. The molecule has 6 heteroatoms. The minimum absolute atomic E-state index is 0.254. The van der Waals surface area contributed by atoms with Crippen LogP contribution >= 0.6 is 0 Å². The van der Waals surface area contributed by atoms with Gasteiger partial charge in [-0.15, -0.1) is 0 Å². The fraction of sp³-hybridized carbons (Fsp3) is 0.500. The highest BCUT2D eigenvalue weighted by Crippen LogP contribution is 1.94. The summed E-state index contributed by atoms with van der Waals surface area (Å²) in [6.07, 6.45) is 3.58. The molecule has 0 aliphatic rings. The smallest absolute Gasteiger partial charge is 0.321 e. The highest BCUT2D eigenvalue weighted by Gasteiger charge is 2.09. The highest BCUT2D eigenvalue weighted by atomic mass is 16.4. The van der Waals surface area contributed by atoms with E-state index >= 15 is 0 Å². The molecule has 4 N–H and O–H groups in total. The number of nitrogens with one attached hydrogen (secondary N) is 1. The predicted molar refractivity (Wildman–Crippen MR) is 50.5 cm³/mol. The summed E-state index contributed by atoms with van der Waals surface area (Å²) in [6, 6.07) is -0.855. The van der Waals surface area contributed by atoms with Crippen molar-refractivity contribution in [1.82, 2.24) is 15.1 Å². The molecule has 1 unspecified atom stereocenters. The molecule has 1 aromatic heterocycles. The zero-order valence-electron chi connectivity index (χ0n) is 7.97. The van der Waals surface area contributed by atoms with Gasteiger partial charge in [0.1, 0.15) is 6.04 Å². The number of aliphatic carboxylic acids is 1. The van der Waals surface area contributed by atoms with Crippen molar-refractivity contribution in [2.45, 2.75) is 12.6 Å². The summed E-state index contributed by atoms with van der Waals surface area (Å²) in [4.78, 5) is 10.4. The first-order chi connectivity index (χ1) is 6.59. The van der Waals surface area contributed by atoms with Crippen LogP contribution in [0.3, 0.4) is 0 Å². The van der Waals surface area contributed by atoms with E-state index < -0.39 is 12.0 Å². The standard InChI is InChI=1S/C8H14N4O2/c1-12-5-6(3-11-12)2-10-4-7(9)8(13)14/h3,5,7,10H,2,4,9H2,1H3,(H,13,14). The molecule has 0 fully saturated rings. The SMILES string of the molecule is Cn1cc(CNCC(N)C(=O)O)cn1. The Kier molecular flexibility index (Phi) is 3.61. The number of rotatable bonds is 5. The zero-order chi connectivity index (χ0) is 10.6. The quantitative estimate of drug-likeness (QED) is 0.559. The molecule has 1 atom stereocenters. The predicted octanol–water partition coefficient (Wildman–Crippen LogP) is -1.08. The monoisotopic (exact) mass is 198 g/mol. The van der Waals surface area contributed by atoms with Gasteiger partial charge in [-0.05, 0) is 0 Å². The maximum absolute atomic E-state index is 10.4. The highest BCUT2D eigenvalue weighted by molar-refractivity contribution is 5.73. The van der Waals surface area contributed by atoms with Gasteiger partial charge in [-0.2, -0.15) is 5.10 Å². The lowest BCUT2D eigenvalue weighted by atomic mass is 10.3. The molecule has 14 heavy (non-hydrogen) atoms. The lowest BCUT2D eigenvalue weighted by Crippen LogP contribution is -2.39. The van der Waals surface area contributed by atoms with Crippen molar-refractivity contribution in [3.05, 3.63) is 18.0 Å². The van der Waals surface area contributed by atoms with Crippen LogP contribution in [0.25, 0.3) is 0 Å². The minimum Gasteiger partial charge on any atom is -0.480 e. The Labute approximate surface area is 81.7 Å². The third kappa shape index (κ3) is 3.15. The molecule has 6 nitrogen and oxygen atoms in total. The molecule has 0 aliphatic heterocycles. The maximum Gasteiger partial charge on any atom is 0.321 e. The molecular formula is C8H14N4O2. The van der Waals surface area contributed by atoms with Gasteiger partial charge >= 0.3 is 5.97 Å². The van der Waals surface area contributed by atoms with Crippen molar-refractivity contribution in [3.8, 4) is 0 Å². The average molecular weight is 198 g/mol. The minimum atomic E-state index is -0.997. The molecule has 0 aromatic carbocycles. The van der Waals surface area contributed by atoms with Crippen molar-refractivity contribution >= 4 is 5.97 Å². The molecular weight excluding hydrogens is 184 g/mol. The van der Waals surface area contributed by atoms with Crippen LogP contribution in [-0.2, 0) is 18.4 Å². The second-order valence-corrected chi connectivity index (χ2v) is 3.10. The summed E-state index contributed by atoms with van der Waals surface area (Å²) in [5, 5.41) is 15.4. The Balaban J connectivity index is 2.25. The van der Waals surface area contributed by atoms with Gasteiger partial charge in [0, 0.05) is 31.9 Å². The first kappa shape index (κ1) is 10.7. The van der Waals surface area contributed by atoms with Crippen molar-refractivity contribution in [2.75, 3.05) is 6.54 Å². The van der Waals surface area contributed by atoms with Crippen LogP contribution in [0.15, 0.2) is 12.4 Å². The third-order valence-electron chi connectivity index (χ3n) is 1.77. The Hall–Kier alpha value is -1.40. The van der Waals surface area contributed by atoms with E-state index in [0.29, 0.717) is 6.54 Å². The van der Waals surface area contributed by atoms with Gasteiger partial charge in [0.25, 0.3) is 0 Å². The van der Waals surface area contributed by atoms with E-state index in [-0.39, 0.29) is 6.54 Å². The fourth-order valence-corrected chi connectivity index (χ4v) is 1.02. The number of aromatic nitrogens is 2. The van der Waals surface area contributed by atoms with Gasteiger partial charge < -0.3 is 16.2 Å². The molecule has 0 bridgehead atoms. The number of carboxylic acid groups (broad SMARTS) is 1. The number of aryl methyl sites for hydroxylation is 1. The van der Waals surface area contributed by atoms with Gasteiger partial charge in [-0.3, -0.25) is 9.48 Å². The molecule has 0 aliphatic carbocycles. The number of hydrogen-bond acceptors (Lipinski definition) is 4. The van der Waals surface area contributed by atoms with Crippen molar-refractivity contribution in [3.63, 3.8) is 0 Å². The topological polar surface area (TPSA) is 93.2 Å². The van der Waals surface area contributed by atoms with Gasteiger partial charge in [-0.25, -0.2) is 0 Å². The lowest BCUT2D eigenvalue weighted by molar-refractivity contribution is -0.138. The van der Waals surface area contributed by atoms with Crippen LogP contribution in [-0.4, -0.2) is 33.4 Å². The fourth-order valence-electron chi connectivity index (χ4n) is 1.02. The van der Waals surface area contributed by atoms with E-state index in [1.54, 1.807) is 10.9 Å². The summed E-state index contributed by atoms with van der Waals surface area (Å²) in [5.74, 6) is -0.997. The van der Waals surface area contributed by atoms with E-state index in [4.69, 9.17) is 10.8 Å². The van der Waals surface area contributed by atoms with Gasteiger partial charge in [0.15, 0.2) is 0 Å². The Morgan fingerprint density at radius 1 is 1.86 bits per heavy atom. The normalized spacial score (nSPS) is 12.7. The van der Waals surface area contributed by atoms with Crippen LogP contribution < -0.4 is 11.1 Å². The summed E-state index contributed by atoms with van der Waals surface area (Å²) in [6.45, 7) is 0.832. The maximum atomic E-state index is 10.4. The van der Waals surface area contributed by atoms with Crippen molar-refractivity contribution in [1.29, 1.82) is 0 Å². The van der Waals surface area contributed by atoms with E-state index in [9.17, 15) is 4.79 Å². The van der Waals surface area contributed by atoms with Gasteiger partial charge in [0.2, 0.25) is 0 Å². The zero-order valence-corrected chi connectivity index (χ0v) is 7.97. The van der Waals surface area contributed by atoms with Crippen molar-refractivity contribution in [2.24, 2.45) is 12.8 Å². The van der Waals surface area contributed by atoms with Crippen LogP contribution in [0.1, 0.15) is 5.56 Å². The summed E-state index contributed by atoms with van der Waals surface area (Å²) < 4.78 is 1.69. The summed E-state index contributed by atoms with van der Waals surface area (Å²) in [5.41, 5.74) is 6.31. The Morgan fingerprint density at radius 3 is 3.07 bits per heavy atom. The lowest BCUT2D eigenvalue weighted by Gasteiger charge is -2.06. The van der Waals surface area contributed by atoms with Gasteiger partial charge in [0.05, 0.1) is 6.20 Å². The number of carbonyl (C=O) groups is 1. The van der Waals surface area contributed by atoms with Crippen LogP contribution in [0, 0.1) is 0 Å². The Bertz CT molecular complexity index is 310. The van der Waals surface area contributed by atoms with E-state index in [1.807, 2.05) is 13.2 Å². The number of carboxylic acids is 1. The molecule has 0 saturated carbocycles. The summed E-state index contributed by atoms with van der Waals surface area (Å²) >= 11 is 0. The molecule has 0 spiro atoms. The van der Waals surface area contributed by atoms with Crippen LogP contribution in [0.2, 0.25) is 0 Å². The first-order valence-electron chi connectivity index (χ1n) is 4.26. The third-order valence-corrected chi connectivity index (χ3v) is 1.77. The molecule has 0 saturated heterocycles. The summed E-state index contributed by atoms with van der Waals surface area (Å²) in [7, 11) is 1.83. The molecule has 0 radical (unpaired) electrons. The number of nitrogens with two attached hydrogens (primary N) is 1. The molecule has 0 amide bonds. The van der Waals surface area contributed by atoms with Crippen LogP contribution in [0.5, 0.6) is 0 Å². The van der Waals surface area contributed by atoms with Gasteiger partial charge in [-0.1, -0.05) is 0 Å². The number of hydrogen-bond donors (Lipinski definition) is 3. The molecule has 1 aromatic rings. The largest absolute Gasteiger partial charge is 0.480 e. The molecule has 1 heterocycles.